The number of benzene rings is 1. The third kappa shape index (κ3) is 5.14. The summed E-state index contributed by atoms with van der Waals surface area (Å²) in [6, 6.07) is 4.05. The normalized spacial score (nSPS) is 14.5. The summed E-state index contributed by atoms with van der Waals surface area (Å²) in [6.07, 6.45) is 0.790. The maximum Gasteiger partial charge on any atom is 0.162 e. The Labute approximate surface area is 141 Å². The summed E-state index contributed by atoms with van der Waals surface area (Å²) in [5.41, 5.74) is 1.40. The van der Waals surface area contributed by atoms with E-state index in [0.717, 1.165) is 42.0 Å². The van der Waals surface area contributed by atoms with E-state index in [-0.39, 0.29) is 12.0 Å². The van der Waals surface area contributed by atoms with Crippen LogP contribution in [0.5, 0.6) is 11.5 Å². The molecular formula is C17H26BrNO3. The van der Waals surface area contributed by atoms with Crippen molar-refractivity contribution in [1.82, 2.24) is 4.90 Å². The largest absolute Gasteiger partial charge is 0.486 e. The van der Waals surface area contributed by atoms with Gasteiger partial charge in [0.1, 0.15) is 13.2 Å². The first kappa shape index (κ1) is 17.6. The van der Waals surface area contributed by atoms with Crippen molar-refractivity contribution < 1.29 is 14.6 Å². The zero-order valence-corrected chi connectivity index (χ0v) is 15.3. The van der Waals surface area contributed by atoms with Gasteiger partial charge < -0.3 is 14.6 Å². The molecule has 4 nitrogen and oxygen atoms in total. The van der Waals surface area contributed by atoms with Gasteiger partial charge in [-0.25, -0.2) is 0 Å². The van der Waals surface area contributed by atoms with Gasteiger partial charge in [0.2, 0.25) is 0 Å². The Morgan fingerprint density at radius 1 is 1.18 bits per heavy atom. The SMILES string of the molecule is CC(C)(C)CN(CCCO)Cc1cc2c(cc1Br)OCCO2. The molecule has 1 aliphatic heterocycles. The van der Waals surface area contributed by atoms with E-state index < -0.39 is 0 Å². The summed E-state index contributed by atoms with van der Waals surface area (Å²) < 4.78 is 12.3. The van der Waals surface area contributed by atoms with Crippen LogP contribution in [0.3, 0.4) is 0 Å². The van der Waals surface area contributed by atoms with E-state index in [9.17, 15) is 0 Å². The molecule has 1 aliphatic rings. The van der Waals surface area contributed by atoms with Gasteiger partial charge in [0.05, 0.1) is 0 Å². The van der Waals surface area contributed by atoms with Crippen molar-refractivity contribution in [2.75, 3.05) is 32.9 Å². The molecule has 0 aliphatic carbocycles. The molecule has 1 heterocycles. The van der Waals surface area contributed by atoms with Crippen LogP contribution in [0.1, 0.15) is 32.8 Å². The quantitative estimate of drug-likeness (QED) is 0.831. The summed E-state index contributed by atoms with van der Waals surface area (Å²) in [6.45, 7) is 10.8. The summed E-state index contributed by atoms with van der Waals surface area (Å²) >= 11 is 3.64. The Balaban J connectivity index is 2.14. The molecule has 2 rings (SSSR count). The zero-order valence-electron chi connectivity index (χ0n) is 13.7. The monoisotopic (exact) mass is 371 g/mol. The first-order valence-electron chi connectivity index (χ1n) is 7.80. The molecule has 0 unspecified atom stereocenters. The molecule has 5 heteroatoms. The van der Waals surface area contributed by atoms with E-state index in [1.807, 2.05) is 6.07 Å². The highest BCUT2D eigenvalue weighted by Gasteiger charge is 2.20. The van der Waals surface area contributed by atoms with Gasteiger partial charge in [0.25, 0.3) is 0 Å². The molecule has 0 saturated carbocycles. The van der Waals surface area contributed by atoms with Crippen LogP contribution in [0.15, 0.2) is 16.6 Å². The molecule has 0 fully saturated rings. The maximum atomic E-state index is 9.12. The van der Waals surface area contributed by atoms with Gasteiger partial charge in [-0.2, -0.15) is 0 Å². The van der Waals surface area contributed by atoms with E-state index >= 15 is 0 Å². The molecule has 1 N–H and O–H groups in total. The van der Waals surface area contributed by atoms with Crippen LogP contribution < -0.4 is 9.47 Å². The van der Waals surface area contributed by atoms with E-state index in [1.165, 1.54) is 5.56 Å². The van der Waals surface area contributed by atoms with Gasteiger partial charge in [0.15, 0.2) is 11.5 Å². The maximum absolute atomic E-state index is 9.12. The zero-order chi connectivity index (χ0) is 16.2. The van der Waals surface area contributed by atoms with Crippen LogP contribution >= 0.6 is 15.9 Å². The summed E-state index contributed by atoms with van der Waals surface area (Å²) in [5.74, 6) is 1.63. The smallest absolute Gasteiger partial charge is 0.162 e. The highest BCUT2D eigenvalue weighted by molar-refractivity contribution is 9.10. The van der Waals surface area contributed by atoms with Crippen LogP contribution in [0.2, 0.25) is 0 Å². The fourth-order valence-electron chi connectivity index (χ4n) is 2.65. The first-order chi connectivity index (χ1) is 10.4. The Kier molecular flexibility index (Phi) is 6.12. The van der Waals surface area contributed by atoms with Crippen molar-refractivity contribution in [1.29, 1.82) is 0 Å². The predicted molar refractivity (Wildman–Crippen MR) is 91.6 cm³/mol. The molecule has 124 valence electrons. The number of fused-ring (bicyclic) bond motifs is 1. The fourth-order valence-corrected chi connectivity index (χ4v) is 3.10. The molecule has 0 saturated heterocycles. The number of hydrogen-bond donors (Lipinski definition) is 1. The second-order valence-corrected chi connectivity index (χ2v) is 7.79. The lowest BCUT2D eigenvalue weighted by Gasteiger charge is -2.30. The van der Waals surface area contributed by atoms with E-state index in [1.54, 1.807) is 0 Å². The molecule has 0 radical (unpaired) electrons. The van der Waals surface area contributed by atoms with E-state index in [4.69, 9.17) is 14.6 Å². The summed E-state index contributed by atoms with van der Waals surface area (Å²) in [7, 11) is 0. The Morgan fingerprint density at radius 2 is 1.82 bits per heavy atom. The number of ether oxygens (including phenoxy) is 2. The van der Waals surface area contributed by atoms with Crippen LogP contribution in [0.4, 0.5) is 0 Å². The molecular weight excluding hydrogens is 346 g/mol. The predicted octanol–water partition coefficient (Wildman–Crippen LogP) is 3.45. The number of nitrogens with zero attached hydrogens (tertiary/aromatic N) is 1. The minimum absolute atomic E-state index is 0.218. The van der Waals surface area contributed by atoms with Crippen LogP contribution in [0.25, 0.3) is 0 Å². The lowest BCUT2D eigenvalue weighted by atomic mass is 9.95. The Bertz CT molecular complexity index is 499. The minimum atomic E-state index is 0.218. The number of rotatable bonds is 6. The van der Waals surface area contributed by atoms with Crippen molar-refractivity contribution in [3.05, 3.63) is 22.2 Å². The van der Waals surface area contributed by atoms with Crippen LogP contribution in [-0.4, -0.2) is 42.9 Å². The molecule has 1 aromatic rings. The molecule has 0 amide bonds. The number of aliphatic hydroxyl groups excluding tert-OH is 1. The van der Waals surface area contributed by atoms with Crippen molar-refractivity contribution >= 4 is 15.9 Å². The number of halogens is 1. The molecule has 0 bridgehead atoms. The molecule has 22 heavy (non-hydrogen) atoms. The Hall–Kier alpha value is -0.780. The fraction of sp³-hybridized carbons (Fsp3) is 0.647. The van der Waals surface area contributed by atoms with Gasteiger partial charge in [-0.05, 0) is 29.5 Å². The highest BCUT2D eigenvalue weighted by atomic mass is 79.9. The van der Waals surface area contributed by atoms with Crippen molar-refractivity contribution in [2.24, 2.45) is 5.41 Å². The molecule has 0 aromatic heterocycles. The second kappa shape index (κ2) is 7.66. The lowest BCUT2D eigenvalue weighted by molar-refractivity contribution is 0.162. The lowest BCUT2D eigenvalue weighted by Crippen LogP contribution is -2.33. The minimum Gasteiger partial charge on any atom is -0.486 e. The standard InChI is InChI=1S/C17H26BrNO3/c1-17(2,3)12-19(5-4-6-20)11-13-9-15-16(10-14(13)18)22-8-7-21-15/h9-10,20H,4-8,11-12H2,1-3H3. The summed E-state index contributed by atoms with van der Waals surface area (Å²) in [5, 5.41) is 9.12. The average Bonchev–Trinajstić information content (AvgIpc) is 2.44. The second-order valence-electron chi connectivity index (χ2n) is 6.94. The average molecular weight is 372 g/mol. The highest BCUT2D eigenvalue weighted by Crippen LogP contribution is 2.36. The topological polar surface area (TPSA) is 41.9 Å². The van der Waals surface area contributed by atoms with Gasteiger partial charge >= 0.3 is 0 Å². The third-order valence-electron chi connectivity index (χ3n) is 3.44. The molecule has 1 aromatic carbocycles. The molecule has 0 spiro atoms. The number of hydrogen-bond acceptors (Lipinski definition) is 4. The van der Waals surface area contributed by atoms with Crippen molar-refractivity contribution in [3.63, 3.8) is 0 Å². The van der Waals surface area contributed by atoms with E-state index in [2.05, 4.69) is 47.7 Å². The van der Waals surface area contributed by atoms with Gasteiger partial charge in [-0.1, -0.05) is 36.7 Å². The number of aliphatic hydroxyl groups is 1. The van der Waals surface area contributed by atoms with Gasteiger partial charge in [0, 0.05) is 30.7 Å². The first-order valence-corrected chi connectivity index (χ1v) is 8.59. The van der Waals surface area contributed by atoms with E-state index in [0.29, 0.717) is 13.2 Å². The van der Waals surface area contributed by atoms with Crippen molar-refractivity contribution in [2.45, 2.75) is 33.7 Å². The summed E-state index contributed by atoms with van der Waals surface area (Å²) in [4.78, 5) is 2.38. The van der Waals surface area contributed by atoms with Crippen LogP contribution in [-0.2, 0) is 6.54 Å². The third-order valence-corrected chi connectivity index (χ3v) is 4.17. The van der Waals surface area contributed by atoms with Gasteiger partial charge in [-0.15, -0.1) is 0 Å². The molecule has 0 atom stereocenters. The van der Waals surface area contributed by atoms with Gasteiger partial charge in [-0.3, -0.25) is 4.90 Å². The van der Waals surface area contributed by atoms with Crippen molar-refractivity contribution in [3.8, 4) is 11.5 Å². The van der Waals surface area contributed by atoms with Crippen LogP contribution in [0, 0.1) is 5.41 Å². The Morgan fingerprint density at radius 3 is 2.41 bits per heavy atom.